The molecule has 2 unspecified atom stereocenters. The lowest BCUT2D eigenvalue weighted by Gasteiger charge is -2.33. The van der Waals surface area contributed by atoms with E-state index in [0.29, 0.717) is 18.6 Å². The molecule has 2 heterocycles. The summed E-state index contributed by atoms with van der Waals surface area (Å²) in [6, 6.07) is -0.445. The summed E-state index contributed by atoms with van der Waals surface area (Å²) in [6.07, 6.45) is 1.64. The average molecular weight is 314 g/mol. The maximum Gasteiger partial charge on any atom is 0.303 e. The third kappa shape index (κ3) is 3.33. The molecule has 6 nitrogen and oxygen atoms in total. The van der Waals surface area contributed by atoms with E-state index in [4.69, 9.17) is 5.11 Å². The Bertz CT molecular complexity index is 480. The van der Waals surface area contributed by atoms with Gasteiger partial charge in [0.25, 0.3) is 0 Å². The molecular formula is C14H22N2O4S. The van der Waals surface area contributed by atoms with E-state index in [9.17, 15) is 14.4 Å². The molecule has 118 valence electrons. The van der Waals surface area contributed by atoms with Crippen molar-refractivity contribution in [1.29, 1.82) is 0 Å². The highest BCUT2D eigenvalue weighted by atomic mass is 32.2. The van der Waals surface area contributed by atoms with Crippen LogP contribution in [0.1, 0.15) is 46.5 Å². The fourth-order valence-corrected chi connectivity index (χ4v) is 4.35. The molecule has 7 heteroatoms. The monoisotopic (exact) mass is 314 g/mol. The minimum absolute atomic E-state index is 0.00700. The number of carbonyl (C=O) groups excluding carboxylic acids is 2. The Morgan fingerprint density at radius 1 is 1.52 bits per heavy atom. The van der Waals surface area contributed by atoms with Crippen molar-refractivity contribution in [2.75, 3.05) is 5.75 Å². The van der Waals surface area contributed by atoms with Crippen LogP contribution in [0.4, 0.5) is 0 Å². The van der Waals surface area contributed by atoms with Crippen molar-refractivity contribution in [3.63, 3.8) is 0 Å². The normalized spacial score (nSPS) is 28.6. The summed E-state index contributed by atoms with van der Waals surface area (Å²) in [5.74, 6) is -0.429. The van der Waals surface area contributed by atoms with E-state index in [2.05, 4.69) is 5.32 Å². The molecule has 0 bridgehead atoms. The van der Waals surface area contributed by atoms with E-state index in [0.717, 1.165) is 6.42 Å². The number of hydrogen-bond acceptors (Lipinski definition) is 4. The molecular weight excluding hydrogens is 292 g/mol. The van der Waals surface area contributed by atoms with Gasteiger partial charge in [-0.2, -0.15) is 0 Å². The highest BCUT2D eigenvalue weighted by Crippen LogP contribution is 2.47. The zero-order valence-electron chi connectivity index (χ0n) is 12.6. The smallest absolute Gasteiger partial charge is 0.303 e. The van der Waals surface area contributed by atoms with Crippen LogP contribution in [0.5, 0.6) is 0 Å². The number of nitrogens with one attached hydrogen (secondary N) is 1. The van der Waals surface area contributed by atoms with Gasteiger partial charge >= 0.3 is 5.97 Å². The first-order valence-corrected chi connectivity index (χ1v) is 8.13. The van der Waals surface area contributed by atoms with Gasteiger partial charge in [-0.05, 0) is 33.6 Å². The summed E-state index contributed by atoms with van der Waals surface area (Å²) >= 11 is 1.65. The SMILES string of the molecule is CC(C)(CCC(=O)O)NC(=O)C1CSC2(C)CCC(=O)N12. The van der Waals surface area contributed by atoms with Crippen LogP contribution >= 0.6 is 11.8 Å². The standard InChI is InChI=1S/C14H22N2O4S/c1-13(2,6-5-11(18)19)15-12(20)9-8-21-14(3)7-4-10(17)16(9)14/h9H,4-8H2,1-3H3,(H,15,20)(H,18,19). The molecule has 21 heavy (non-hydrogen) atoms. The first kappa shape index (κ1) is 16.1. The molecule has 2 saturated heterocycles. The van der Waals surface area contributed by atoms with Crippen LogP contribution in [0.15, 0.2) is 0 Å². The highest BCUT2D eigenvalue weighted by Gasteiger charge is 2.53. The Balaban J connectivity index is 2.01. The third-order valence-electron chi connectivity index (χ3n) is 4.17. The van der Waals surface area contributed by atoms with Crippen molar-refractivity contribution in [1.82, 2.24) is 10.2 Å². The van der Waals surface area contributed by atoms with Gasteiger partial charge in [0.15, 0.2) is 0 Å². The predicted molar refractivity (Wildman–Crippen MR) is 79.8 cm³/mol. The number of amides is 2. The summed E-state index contributed by atoms with van der Waals surface area (Å²) in [7, 11) is 0. The molecule has 0 spiro atoms. The molecule has 2 N–H and O–H groups in total. The van der Waals surface area contributed by atoms with Gasteiger partial charge in [-0.15, -0.1) is 11.8 Å². The molecule has 0 aromatic heterocycles. The van der Waals surface area contributed by atoms with Gasteiger partial charge in [-0.25, -0.2) is 0 Å². The number of fused-ring (bicyclic) bond motifs is 1. The largest absolute Gasteiger partial charge is 0.481 e. The molecule has 0 saturated carbocycles. The number of carboxylic acid groups (broad SMARTS) is 1. The Kier molecular flexibility index (Phi) is 4.24. The number of aliphatic carboxylic acids is 1. The van der Waals surface area contributed by atoms with E-state index in [1.807, 2.05) is 6.92 Å². The molecule has 2 amide bonds. The summed E-state index contributed by atoms with van der Waals surface area (Å²) in [5.41, 5.74) is -0.595. The average Bonchev–Trinajstić information content (AvgIpc) is 2.84. The second-order valence-electron chi connectivity index (χ2n) is 6.53. The van der Waals surface area contributed by atoms with Crippen LogP contribution < -0.4 is 5.32 Å². The number of carbonyl (C=O) groups is 3. The lowest BCUT2D eigenvalue weighted by Crippen LogP contribution is -2.54. The third-order valence-corrected chi connectivity index (χ3v) is 5.68. The van der Waals surface area contributed by atoms with Crippen molar-refractivity contribution in [2.45, 2.75) is 62.9 Å². The number of nitrogens with zero attached hydrogens (tertiary/aromatic N) is 1. The van der Waals surface area contributed by atoms with E-state index < -0.39 is 17.6 Å². The van der Waals surface area contributed by atoms with Crippen molar-refractivity contribution < 1.29 is 19.5 Å². The zero-order valence-corrected chi connectivity index (χ0v) is 13.5. The highest BCUT2D eigenvalue weighted by molar-refractivity contribution is 8.01. The van der Waals surface area contributed by atoms with Gasteiger partial charge in [-0.1, -0.05) is 0 Å². The molecule has 0 aromatic rings. The zero-order chi connectivity index (χ0) is 15.8. The van der Waals surface area contributed by atoms with E-state index in [-0.39, 0.29) is 23.1 Å². The van der Waals surface area contributed by atoms with Crippen LogP contribution in [0.2, 0.25) is 0 Å². The summed E-state index contributed by atoms with van der Waals surface area (Å²) in [4.78, 5) is 36.6. The van der Waals surface area contributed by atoms with Crippen molar-refractivity contribution >= 4 is 29.5 Å². The number of rotatable bonds is 5. The summed E-state index contributed by atoms with van der Waals surface area (Å²) in [6.45, 7) is 5.62. The number of hydrogen-bond donors (Lipinski definition) is 2. The maximum atomic E-state index is 12.5. The molecule has 0 aromatic carbocycles. The second kappa shape index (κ2) is 5.51. The number of carboxylic acids is 1. The van der Waals surface area contributed by atoms with Crippen LogP contribution in [-0.4, -0.2) is 50.0 Å². The van der Waals surface area contributed by atoms with Gasteiger partial charge in [0.1, 0.15) is 6.04 Å². The minimum Gasteiger partial charge on any atom is -0.481 e. The molecule has 0 radical (unpaired) electrons. The Labute approximate surface area is 128 Å². The van der Waals surface area contributed by atoms with Gasteiger partial charge in [-0.3, -0.25) is 14.4 Å². The van der Waals surface area contributed by atoms with E-state index in [1.165, 1.54) is 0 Å². The Hall–Kier alpha value is -1.24. The molecule has 2 fully saturated rings. The van der Waals surface area contributed by atoms with E-state index in [1.54, 1.807) is 30.5 Å². The quantitative estimate of drug-likeness (QED) is 0.796. The van der Waals surface area contributed by atoms with Crippen LogP contribution in [0, 0.1) is 0 Å². The van der Waals surface area contributed by atoms with Crippen molar-refractivity contribution in [3.05, 3.63) is 0 Å². The Morgan fingerprint density at radius 3 is 2.81 bits per heavy atom. The molecule has 2 atom stereocenters. The first-order valence-electron chi connectivity index (χ1n) is 7.15. The molecule has 2 aliphatic heterocycles. The van der Waals surface area contributed by atoms with Gasteiger partial charge < -0.3 is 15.3 Å². The van der Waals surface area contributed by atoms with Crippen LogP contribution in [0.25, 0.3) is 0 Å². The molecule has 2 aliphatic rings. The Morgan fingerprint density at radius 2 is 2.19 bits per heavy atom. The second-order valence-corrected chi connectivity index (χ2v) is 8.03. The first-order chi connectivity index (χ1) is 9.65. The van der Waals surface area contributed by atoms with Crippen LogP contribution in [0.3, 0.4) is 0 Å². The topological polar surface area (TPSA) is 86.7 Å². The van der Waals surface area contributed by atoms with Gasteiger partial charge in [0.2, 0.25) is 11.8 Å². The summed E-state index contributed by atoms with van der Waals surface area (Å²) in [5, 5.41) is 11.6. The van der Waals surface area contributed by atoms with E-state index >= 15 is 0 Å². The molecule has 0 aliphatic carbocycles. The van der Waals surface area contributed by atoms with Crippen molar-refractivity contribution in [3.8, 4) is 0 Å². The maximum absolute atomic E-state index is 12.5. The van der Waals surface area contributed by atoms with Gasteiger partial charge in [0, 0.05) is 24.1 Å². The van der Waals surface area contributed by atoms with Crippen molar-refractivity contribution in [2.24, 2.45) is 0 Å². The minimum atomic E-state index is -0.879. The lowest BCUT2D eigenvalue weighted by atomic mass is 9.97. The predicted octanol–water partition coefficient (Wildman–Crippen LogP) is 1.20. The van der Waals surface area contributed by atoms with Gasteiger partial charge in [0.05, 0.1) is 4.87 Å². The molecule has 2 rings (SSSR count). The fourth-order valence-electron chi connectivity index (χ4n) is 2.91. The van der Waals surface area contributed by atoms with Crippen LogP contribution in [-0.2, 0) is 14.4 Å². The lowest BCUT2D eigenvalue weighted by molar-refractivity contribution is -0.139. The number of thioether (sulfide) groups is 1. The fraction of sp³-hybridized carbons (Fsp3) is 0.786. The summed E-state index contributed by atoms with van der Waals surface area (Å²) < 4.78 is 0.